The number of rotatable bonds is 6. The van der Waals surface area contributed by atoms with Crippen molar-refractivity contribution in [2.24, 2.45) is 7.05 Å². The largest absolute Gasteiger partial charge is 0.480 e. The molecule has 0 saturated carbocycles. The Kier molecular flexibility index (Phi) is 5.92. The average molecular weight is 393 g/mol. The molecule has 3 aromatic rings. The number of anilines is 1. The molecule has 0 radical (unpaired) electrons. The van der Waals surface area contributed by atoms with Crippen molar-refractivity contribution < 1.29 is 9.53 Å². The Morgan fingerprint density at radius 1 is 1.10 bits per heavy atom. The summed E-state index contributed by atoms with van der Waals surface area (Å²) in [6.45, 7) is 7.62. The number of nitrogens with zero attached hydrogens (tertiary/aromatic N) is 2. The van der Waals surface area contributed by atoms with Gasteiger partial charge in [0, 0.05) is 7.05 Å². The van der Waals surface area contributed by atoms with Crippen LogP contribution in [0.15, 0.2) is 53.3 Å². The first-order valence-corrected chi connectivity index (χ1v) is 9.72. The molecule has 0 fully saturated rings. The first kappa shape index (κ1) is 20.5. The third-order valence-electron chi connectivity index (χ3n) is 5.08. The van der Waals surface area contributed by atoms with Crippen LogP contribution >= 0.6 is 0 Å². The first-order valence-electron chi connectivity index (χ1n) is 9.72. The fourth-order valence-corrected chi connectivity index (χ4v) is 3.23. The van der Waals surface area contributed by atoms with Crippen LogP contribution in [0.5, 0.6) is 5.75 Å². The monoisotopic (exact) mass is 393 g/mol. The Balaban J connectivity index is 1.88. The normalized spacial score (nSPS) is 11.9. The third kappa shape index (κ3) is 4.11. The molecule has 1 unspecified atom stereocenters. The molecular weight excluding hydrogens is 366 g/mol. The average Bonchev–Trinajstić information content (AvgIpc) is 2.92. The van der Waals surface area contributed by atoms with Crippen LogP contribution < -0.4 is 15.6 Å². The zero-order chi connectivity index (χ0) is 21.1. The molecule has 2 aromatic carbocycles. The van der Waals surface area contributed by atoms with Crippen LogP contribution in [0.25, 0.3) is 5.69 Å². The highest BCUT2D eigenvalue weighted by Crippen LogP contribution is 2.22. The number of nitrogens with one attached hydrogen (secondary N) is 1. The lowest BCUT2D eigenvalue weighted by atomic mass is 10.1. The van der Waals surface area contributed by atoms with E-state index in [0.29, 0.717) is 17.9 Å². The lowest BCUT2D eigenvalue weighted by Gasteiger charge is -2.18. The van der Waals surface area contributed by atoms with Gasteiger partial charge in [0.1, 0.15) is 11.4 Å². The molecule has 1 N–H and O–H groups in total. The van der Waals surface area contributed by atoms with Crippen molar-refractivity contribution in [3.8, 4) is 11.4 Å². The minimum Gasteiger partial charge on any atom is -0.480 e. The highest BCUT2D eigenvalue weighted by molar-refractivity contribution is 5.94. The maximum Gasteiger partial charge on any atom is 0.295 e. The van der Waals surface area contributed by atoms with Gasteiger partial charge >= 0.3 is 0 Å². The Hall–Kier alpha value is -3.28. The van der Waals surface area contributed by atoms with Crippen LogP contribution in [0.2, 0.25) is 0 Å². The molecule has 1 aromatic heterocycles. The molecule has 0 aliphatic rings. The number of amides is 1. The Labute approximate surface area is 170 Å². The van der Waals surface area contributed by atoms with Crippen molar-refractivity contribution in [2.45, 2.75) is 40.2 Å². The summed E-state index contributed by atoms with van der Waals surface area (Å²) in [7, 11) is 1.79. The van der Waals surface area contributed by atoms with Crippen molar-refractivity contribution in [1.82, 2.24) is 9.36 Å². The van der Waals surface area contributed by atoms with Gasteiger partial charge in [0.2, 0.25) is 0 Å². The smallest absolute Gasteiger partial charge is 0.295 e. The second-order valence-corrected chi connectivity index (χ2v) is 7.21. The van der Waals surface area contributed by atoms with Gasteiger partial charge in [-0.15, -0.1) is 0 Å². The summed E-state index contributed by atoms with van der Waals surface area (Å²) in [5, 5.41) is 2.80. The van der Waals surface area contributed by atoms with Crippen LogP contribution in [0, 0.1) is 20.8 Å². The molecule has 29 heavy (non-hydrogen) atoms. The van der Waals surface area contributed by atoms with Crippen LogP contribution in [0.4, 0.5) is 5.69 Å². The molecule has 152 valence electrons. The van der Waals surface area contributed by atoms with E-state index in [-0.39, 0.29) is 17.2 Å². The molecule has 3 rings (SSSR count). The molecule has 0 saturated heterocycles. The number of aryl methyl sites for hydroxylation is 2. The number of hydrogen-bond donors (Lipinski definition) is 1. The van der Waals surface area contributed by atoms with E-state index in [1.807, 2.05) is 76.2 Å². The number of hydrogen-bond acceptors (Lipinski definition) is 3. The van der Waals surface area contributed by atoms with Crippen molar-refractivity contribution in [3.63, 3.8) is 0 Å². The molecule has 1 atom stereocenters. The zero-order valence-electron chi connectivity index (χ0n) is 17.5. The van der Waals surface area contributed by atoms with Crippen molar-refractivity contribution in [2.75, 3.05) is 5.32 Å². The number of ether oxygens (including phenoxy) is 1. The third-order valence-corrected chi connectivity index (χ3v) is 5.08. The quantitative estimate of drug-likeness (QED) is 0.691. The van der Waals surface area contributed by atoms with Crippen LogP contribution in [0.1, 0.15) is 30.2 Å². The van der Waals surface area contributed by atoms with Gasteiger partial charge in [-0.2, -0.15) is 0 Å². The molecule has 0 aliphatic carbocycles. The topological polar surface area (TPSA) is 65.3 Å². The molecule has 0 bridgehead atoms. The number of carbonyl (C=O) groups is 1. The fraction of sp³-hybridized carbons (Fsp3) is 0.304. The summed E-state index contributed by atoms with van der Waals surface area (Å²) in [5.74, 6) is 0.345. The number of para-hydroxylation sites is 1. The second-order valence-electron chi connectivity index (χ2n) is 7.21. The molecule has 0 spiro atoms. The Bertz CT molecular complexity index is 1080. The maximum absolute atomic E-state index is 13.0. The molecule has 1 heterocycles. The summed E-state index contributed by atoms with van der Waals surface area (Å²) in [6.07, 6.45) is -0.211. The van der Waals surface area contributed by atoms with Crippen molar-refractivity contribution >= 4 is 11.6 Å². The van der Waals surface area contributed by atoms with Crippen LogP contribution in [-0.4, -0.2) is 21.4 Å². The summed E-state index contributed by atoms with van der Waals surface area (Å²) < 4.78 is 9.26. The maximum atomic E-state index is 13.0. The summed E-state index contributed by atoms with van der Waals surface area (Å²) >= 11 is 0. The lowest BCUT2D eigenvalue weighted by Crippen LogP contribution is -2.34. The molecular formula is C23H27N3O3. The second kappa shape index (κ2) is 8.39. The summed E-state index contributed by atoms with van der Waals surface area (Å²) in [5.41, 5.74) is 3.43. The van der Waals surface area contributed by atoms with E-state index in [1.54, 1.807) is 11.7 Å². The van der Waals surface area contributed by atoms with Gasteiger partial charge in [-0.25, -0.2) is 4.68 Å². The SMILES string of the molecule is CCC(Oc1cc(C)ccc1C)C(=O)Nc1c(C)n(C)n(-c2ccccc2)c1=O. The highest BCUT2D eigenvalue weighted by atomic mass is 16.5. The summed E-state index contributed by atoms with van der Waals surface area (Å²) in [4.78, 5) is 25.9. The van der Waals surface area contributed by atoms with E-state index >= 15 is 0 Å². The van der Waals surface area contributed by atoms with E-state index < -0.39 is 6.10 Å². The first-order chi connectivity index (χ1) is 13.8. The van der Waals surface area contributed by atoms with E-state index in [0.717, 1.165) is 16.8 Å². The van der Waals surface area contributed by atoms with E-state index in [1.165, 1.54) is 4.68 Å². The minimum atomic E-state index is -0.695. The number of benzene rings is 2. The van der Waals surface area contributed by atoms with E-state index in [4.69, 9.17) is 4.74 Å². The Morgan fingerprint density at radius 3 is 2.45 bits per heavy atom. The van der Waals surface area contributed by atoms with Gasteiger partial charge < -0.3 is 10.1 Å². The predicted molar refractivity (Wildman–Crippen MR) is 115 cm³/mol. The van der Waals surface area contributed by atoms with Gasteiger partial charge in [-0.3, -0.25) is 14.3 Å². The lowest BCUT2D eigenvalue weighted by molar-refractivity contribution is -0.122. The van der Waals surface area contributed by atoms with Gasteiger partial charge in [-0.05, 0) is 56.5 Å². The predicted octanol–water partition coefficient (Wildman–Crippen LogP) is 3.90. The van der Waals surface area contributed by atoms with Crippen LogP contribution in [-0.2, 0) is 11.8 Å². The molecule has 6 heteroatoms. The number of aromatic nitrogens is 2. The van der Waals surface area contributed by atoms with E-state index in [2.05, 4.69) is 5.32 Å². The Morgan fingerprint density at radius 2 is 1.79 bits per heavy atom. The number of carbonyl (C=O) groups excluding carboxylic acids is 1. The van der Waals surface area contributed by atoms with Crippen LogP contribution in [0.3, 0.4) is 0 Å². The molecule has 6 nitrogen and oxygen atoms in total. The van der Waals surface area contributed by atoms with Gasteiger partial charge in [0.05, 0.1) is 11.4 Å². The van der Waals surface area contributed by atoms with Crippen molar-refractivity contribution in [1.29, 1.82) is 0 Å². The summed E-state index contributed by atoms with van der Waals surface area (Å²) in [6, 6.07) is 15.2. The fourth-order valence-electron chi connectivity index (χ4n) is 3.23. The minimum absolute atomic E-state index is 0.268. The van der Waals surface area contributed by atoms with Gasteiger partial charge in [-0.1, -0.05) is 37.3 Å². The van der Waals surface area contributed by atoms with Gasteiger partial charge in [0.25, 0.3) is 11.5 Å². The van der Waals surface area contributed by atoms with Gasteiger partial charge in [0.15, 0.2) is 6.10 Å². The van der Waals surface area contributed by atoms with Crippen molar-refractivity contribution in [3.05, 3.63) is 75.7 Å². The standard InChI is InChI=1S/C23H27N3O3/c1-6-19(29-20-14-15(2)12-13-16(20)3)22(27)24-21-17(4)25(5)26(23(21)28)18-10-8-7-9-11-18/h7-14,19H,6H2,1-5H3,(H,24,27). The highest BCUT2D eigenvalue weighted by Gasteiger charge is 2.24. The zero-order valence-corrected chi connectivity index (χ0v) is 17.5. The van der Waals surface area contributed by atoms with E-state index in [9.17, 15) is 9.59 Å². The molecule has 0 aliphatic heterocycles. The molecule has 1 amide bonds.